The van der Waals surface area contributed by atoms with Gasteiger partial charge >= 0.3 is 0 Å². The van der Waals surface area contributed by atoms with Crippen LogP contribution in [0, 0.1) is 0 Å². The van der Waals surface area contributed by atoms with Crippen molar-refractivity contribution in [1.82, 2.24) is 4.90 Å². The van der Waals surface area contributed by atoms with Crippen LogP contribution in [0.15, 0.2) is 12.1 Å². The van der Waals surface area contributed by atoms with Crippen LogP contribution in [0.4, 0.5) is 5.69 Å². The maximum atomic E-state index is 6.13. The molecule has 2 aliphatic heterocycles. The van der Waals surface area contributed by atoms with Crippen molar-refractivity contribution in [3.63, 3.8) is 0 Å². The number of hydrogen-bond donors (Lipinski definition) is 1. The molecule has 2 unspecified atom stereocenters. The molecule has 0 bridgehead atoms. The van der Waals surface area contributed by atoms with E-state index in [-0.39, 0.29) is 12.2 Å². The molecule has 3 rings (SSSR count). The fraction of sp³-hybridized carbons (Fsp3) is 0.600. The number of nitrogens with zero attached hydrogens (tertiary/aromatic N) is 1. The van der Waals surface area contributed by atoms with Gasteiger partial charge in [0.05, 0.1) is 12.2 Å². The Hall–Kier alpha value is -1.50. The van der Waals surface area contributed by atoms with Crippen LogP contribution in [0.3, 0.4) is 0 Å². The lowest BCUT2D eigenvalue weighted by molar-refractivity contribution is -0.00461. The summed E-state index contributed by atoms with van der Waals surface area (Å²) in [6, 6.07) is 3.83. The molecule has 2 N–H and O–H groups in total. The summed E-state index contributed by atoms with van der Waals surface area (Å²) in [4.78, 5) is 2.28. The maximum Gasteiger partial charge on any atom is 0.163 e. The molecule has 2 heterocycles. The molecule has 0 amide bonds. The van der Waals surface area contributed by atoms with Gasteiger partial charge in [0.25, 0.3) is 0 Å². The van der Waals surface area contributed by atoms with Crippen LogP contribution in [-0.2, 0) is 16.0 Å². The minimum Gasteiger partial charge on any atom is -0.486 e. The third-order valence-electron chi connectivity index (χ3n) is 4.09. The molecule has 116 valence electrons. The molecule has 0 radical (unpaired) electrons. The zero-order chi connectivity index (χ0) is 14.8. The van der Waals surface area contributed by atoms with Crippen molar-refractivity contribution in [3.8, 4) is 11.5 Å². The zero-order valence-corrected chi connectivity index (χ0v) is 12.5. The van der Waals surface area contributed by atoms with Crippen LogP contribution in [0.1, 0.15) is 5.56 Å². The number of anilines is 1. The van der Waals surface area contributed by atoms with E-state index in [0.29, 0.717) is 13.2 Å². The number of fused-ring (bicyclic) bond motifs is 1. The number of methoxy groups -OCH3 is 2. The lowest BCUT2D eigenvalue weighted by atomic mass is 10.1. The second-order valence-corrected chi connectivity index (χ2v) is 5.44. The van der Waals surface area contributed by atoms with Gasteiger partial charge in [-0.25, -0.2) is 0 Å². The van der Waals surface area contributed by atoms with Crippen molar-refractivity contribution >= 4 is 5.69 Å². The van der Waals surface area contributed by atoms with Gasteiger partial charge in [0.1, 0.15) is 13.2 Å². The van der Waals surface area contributed by atoms with Gasteiger partial charge in [-0.2, -0.15) is 0 Å². The predicted octanol–water partition coefficient (Wildman–Crippen LogP) is 0.886. The first-order chi connectivity index (χ1) is 10.2. The number of nitrogens with two attached hydrogens (primary N) is 1. The number of nitrogen functional groups attached to an aromatic ring is 1. The number of ether oxygens (including phenoxy) is 4. The van der Waals surface area contributed by atoms with Crippen LogP contribution in [0.25, 0.3) is 0 Å². The highest BCUT2D eigenvalue weighted by molar-refractivity contribution is 5.58. The molecule has 1 aromatic carbocycles. The summed E-state index contributed by atoms with van der Waals surface area (Å²) in [7, 11) is 3.44. The molecule has 2 atom stereocenters. The average molecular weight is 294 g/mol. The summed E-state index contributed by atoms with van der Waals surface area (Å²) in [5.41, 5.74) is 7.91. The summed E-state index contributed by atoms with van der Waals surface area (Å²) in [6.45, 7) is 3.58. The van der Waals surface area contributed by atoms with Gasteiger partial charge in [-0.1, -0.05) is 0 Å². The molecule has 0 aliphatic carbocycles. The topological polar surface area (TPSA) is 66.2 Å². The fourth-order valence-electron chi connectivity index (χ4n) is 2.92. The van der Waals surface area contributed by atoms with E-state index in [4.69, 9.17) is 24.7 Å². The minimum atomic E-state index is 0.105. The molecule has 1 saturated heterocycles. The molecule has 0 spiro atoms. The molecule has 6 nitrogen and oxygen atoms in total. The van der Waals surface area contributed by atoms with Crippen LogP contribution in [-0.4, -0.2) is 57.6 Å². The smallest absolute Gasteiger partial charge is 0.163 e. The lowest BCUT2D eigenvalue weighted by Gasteiger charge is -2.22. The first-order valence-electron chi connectivity index (χ1n) is 7.17. The highest BCUT2D eigenvalue weighted by atomic mass is 16.6. The average Bonchev–Trinajstić information content (AvgIpc) is 2.90. The molecule has 2 aliphatic rings. The highest BCUT2D eigenvalue weighted by Gasteiger charge is 2.33. The Labute approximate surface area is 124 Å². The second-order valence-electron chi connectivity index (χ2n) is 5.44. The number of hydrogen-bond acceptors (Lipinski definition) is 6. The number of rotatable bonds is 4. The Balaban J connectivity index is 1.73. The Kier molecular flexibility index (Phi) is 4.19. The zero-order valence-electron chi connectivity index (χ0n) is 12.5. The normalized spacial score (nSPS) is 25.2. The van der Waals surface area contributed by atoms with Gasteiger partial charge in [-0.3, -0.25) is 4.90 Å². The summed E-state index contributed by atoms with van der Waals surface area (Å²) < 4.78 is 22.1. The van der Waals surface area contributed by atoms with Crippen molar-refractivity contribution in [2.75, 3.05) is 46.3 Å². The quantitative estimate of drug-likeness (QED) is 0.832. The largest absolute Gasteiger partial charge is 0.486 e. The second kappa shape index (κ2) is 6.09. The van der Waals surface area contributed by atoms with E-state index in [1.54, 1.807) is 14.2 Å². The maximum absolute atomic E-state index is 6.13. The van der Waals surface area contributed by atoms with E-state index < -0.39 is 0 Å². The van der Waals surface area contributed by atoms with Crippen LogP contribution >= 0.6 is 0 Å². The van der Waals surface area contributed by atoms with E-state index in [1.807, 2.05) is 12.1 Å². The molecule has 6 heteroatoms. The van der Waals surface area contributed by atoms with Gasteiger partial charge < -0.3 is 24.7 Å². The molecule has 21 heavy (non-hydrogen) atoms. The van der Waals surface area contributed by atoms with Crippen molar-refractivity contribution in [3.05, 3.63) is 17.7 Å². The molecule has 1 aromatic rings. The molecular formula is C15H22N2O4. The van der Waals surface area contributed by atoms with Crippen molar-refractivity contribution in [2.24, 2.45) is 0 Å². The van der Waals surface area contributed by atoms with Crippen LogP contribution in [0.2, 0.25) is 0 Å². The summed E-state index contributed by atoms with van der Waals surface area (Å²) in [6.07, 6.45) is 0.210. The van der Waals surface area contributed by atoms with Gasteiger partial charge in [0.2, 0.25) is 0 Å². The van der Waals surface area contributed by atoms with Gasteiger partial charge in [0.15, 0.2) is 11.5 Å². The number of likely N-dealkylation sites (tertiary alicyclic amines) is 1. The number of benzene rings is 1. The molecular weight excluding hydrogens is 272 g/mol. The Morgan fingerprint density at radius 3 is 2.24 bits per heavy atom. The third-order valence-corrected chi connectivity index (χ3v) is 4.09. The Bertz CT molecular complexity index is 497. The summed E-state index contributed by atoms with van der Waals surface area (Å²) in [5, 5.41) is 0. The predicted molar refractivity (Wildman–Crippen MR) is 78.7 cm³/mol. The van der Waals surface area contributed by atoms with Crippen LogP contribution < -0.4 is 15.2 Å². The van der Waals surface area contributed by atoms with E-state index in [0.717, 1.165) is 42.4 Å². The van der Waals surface area contributed by atoms with Crippen molar-refractivity contribution in [1.29, 1.82) is 0 Å². The monoisotopic (exact) mass is 294 g/mol. The molecule has 1 fully saturated rings. The first kappa shape index (κ1) is 14.4. The fourth-order valence-corrected chi connectivity index (χ4v) is 2.92. The van der Waals surface area contributed by atoms with Crippen molar-refractivity contribution < 1.29 is 18.9 Å². The summed E-state index contributed by atoms with van der Waals surface area (Å²) >= 11 is 0. The van der Waals surface area contributed by atoms with E-state index in [1.165, 1.54) is 0 Å². The van der Waals surface area contributed by atoms with E-state index in [2.05, 4.69) is 4.90 Å². The van der Waals surface area contributed by atoms with Gasteiger partial charge in [-0.05, 0) is 11.6 Å². The summed E-state index contributed by atoms with van der Waals surface area (Å²) in [5.74, 6) is 1.50. The first-order valence-corrected chi connectivity index (χ1v) is 7.17. The van der Waals surface area contributed by atoms with Gasteiger partial charge in [0, 0.05) is 45.6 Å². The van der Waals surface area contributed by atoms with Crippen LogP contribution in [0.5, 0.6) is 11.5 Å². The third kappa shape index (κ3) is 2.92. The standard InChI is InChI=1S/C15H22N2O4/c1-18-14-8-17(9-15(14)19-2)7-10-5-12-13(6-11(10)16)21-4-3-20-12/h5-6,14-15H,3-4,7-9,16H2,1-2H3. The highest BCUT2D eigenvalue weighted by Crippen LogP contribution is 2.35. The molecule has 0 aromatic heterocycles. The van der Waals surface area contributed by atoms with Gasteiger partial charge in [-0.15, -0.1) is 0 Å². The van der Waals surface area contributed by atoms with E-state index >= 15 is 0 Å². The minimum absolute atomic E-state index is 0.105. The lowest BCUT2D eigenvalue weighted by Crippen LogP contribution is -2.27. The molecule has 0 saturated carbocycles. The SMILES string of the molecule is COC1CN(Cc2cc3c(cc2N)OCCO3)CC1OC. The Morgan fingerprint density at radius 1 is 1.10 bits per heavy atom. The Morgan fingerprint density at radius 2 is 1.67 bits per heavy atom. The van der Waals surface area contributed by atoms with Crippen molar-refractivity contribution in [2.45, 2.75) is 18.8 Å². The van der Waals surface area contributed by atoms with E-state index in [9.17, 15) is 0 Å².